The fourth-order valence-electron chi connectivity index (χ4n) is 5.61. The summed E-state index contributed by atoms with van der Waals surface area (Å²) in [4.78, 5) is 12.7. The summed E-state index contributed by atoms with van der Waals surface area (Å²) >= 11 is 0. The van der Waals surface area contributed by atoms with Gasteiger partial charge >= 0.3 is 0 Å². The summed E-state index contributed by atoms with van der Waals surface area (Å²) in [5.41, 5.74) is 0.200. The summed E-state index contributed by atoms with van der Waals surface area (Å²) in [7, 11) is 0. The third kappa shape index (κ3) is 8.81. The van der Waals surface area contributed by atoms with Gasteiger partial charge in [-0.2, -0.15) is 0 Å². The first-order valence-corrected chi connectivity index (χ1v) is 15.7. The van der Waals surface area contributed by atoms with E-state index in [1.807, 2.05) is 0 Å². The highest BCUT2D eigenvalue weighted by atomic mass is 16.7. The topological polar surface area (TPSA) is 238 Å². The number of phenols is 2. The third-order valence-corrected chi connectivity index (χ3v) is 8.39. The van der Waals surface area contributed by atoms with Gasteiger partial charge in [-0.25, -0.2) is 0 Å². The van der Waals surface area contributed by atoms with E-state index in [2.05, 4.69) is 0 Å². The first kappa shape index (κ1) is 35.9. The van der Waals surface area contributed by atoms with Crippen molar-refractivity contribution in [3.63, 3.8) is 0 Å². The second-order valence-corrected chi connectivity index (χ2v) is 12.3. The minimum absolute atomic E-state index is 0.00922. The first-order chi connectivity index (χ1) is 22.8. The molecule has 3 aliphatic rings. The van der Waals surface area contributed by atoms with Crippen molar-refractivity contribution in [2.24, 2.45) is 0 Å². The number of benzene rings is 2. The molecule has 6 rings (SSSR count). The van der Waals surface area contributed by atoms with Gasteiger partial charge < -0.3 is 69.0 Å². The van der Waals surface area contributed by atoms with Crippen LogP contribution in [0.3, 0.4) is 0 Å². The van der Waals surface area contributed by atoms with Crippen LogP contribution in [0.4, 0.5) is 0 Å². The van der Waals surface area contributed by atoms with Crippen LogP contribution in [-0.4, -0.2) is 115 Å². The lowest BCUT2D eigenvalue weighted by molar-refractivity contribution is -0.277. The van der Waals surface area contributed by atoms with Crippen LogP contribution >= 0.6 is 0 Å². The van der Waals surface area contributed by atoms with E-state index in [4.69, 9.17) is 43.4 Å². The largest absolute Gasteiger partial charge is 0.508 e. The average Bonchev–Trinajstić information content (AvgIpc) is 3.01. The number of hydrogen-bond acceptors (Lipinski definition) is 15. The number of rotatable bonds is 6. The van der Waals surface area contributed by atoms with E-state index >= 15 is 0 Å². The quantitative estimate of drug-likeness (QED) is 0.180. The first-order valence-electron chi connectivity index (χ1n) is 15.7. The molecular weight excluding hydrogens is 636 g/mol. The third-order valence-electron chi connectivity index (χ3n) is 8.39. The lowest BCUT2D eigenvalue weighted by Gasteiger charge is -2.37. The van der Waals surface area contributed by atoms with Crippen LogP contribution in [0.1, 0.15) is 39.5 Å². The van der Waals surface area contributed by atoms with Crippen LogP contribution in [0.25, 0.3) is 22.3 Å². The summed E-state index contributed by atoms with van der Waals surface area (Å²) in [6.07, 6.45) is -7.85. The van der Waals surface area contributed by atoms with Gasteiger partial charge in [0.2, 0.25) is 6.29 Å². The van der Waals surface area contributed by atoms with Gasteiger partial charge in [-0.05, 0) is 38.1 Å². The lowest BCUT2D eigenvalue weighted by Crippen LogP contribution is -2.48. The van der Waals surface area contributed by atoms with E-state index < -0.39 is 73.1 Å². The van der Waals surface area contributed by atoms with Gasteiger partial charge in [0, 0.05) is 49.4 Å². The highest BCUT2D eigenvalue weighted by Crippen LogP contribution is 2.33. The number of aromatic hydroxyl groups is 2. The van der Waals surface area contributed by atoms with Gasteiger partial charge in [0.25, 0.3) is 0 Å². The Balaban J connectivity index is 0.000000387. The molecule has 3 aromatic rings. The predicted molar refractivity (Wildman–Crippen MR) is 166 cm³/mol. The van der Waals surface area contributed by atoms with Crippen molar-refractivity contribution in [1.29, 1.82) is 0 Å². The Morgan fingerprint density at radius 2 is 1.44 bits per heavy atom. The molecule has 2 aromatic carbocycles. The normalized spacial score (nSPS) is 33.9. The molecule has 3 fully saturated rings. The van der Waals surface area contributed by atoms with Crippen LogP contribution < -0.4 is 10.2 Å². The van der Waals surface area contributed by atoms with Gasteiger partial charge in [-0.1, -0.05) is 0 Å². The predicted octanol–water partition coefficient (Wildman–Crippen LogP) is 0.825. The maximum absolute atomic E-state index is 12.7. The molecule has 0 amide bonds. The maximum atomic E-state index is 12.7. The molecule has 15 nitrogen and oxygen atoms in total. The smallest absolute Gasteiger partial charge is 0.202 e. The fourth-order valence-corrected chi connectivity index (χ4v) is 5.61. The monoisotopic (exact) mass is 678 g/mol. The Labute approximate surface area is 275 Å². The Bertz CT molecular complexity index is 1540. The van der Waals surface area contributed by atoms with E-state index in [1.54, 1.807) is 26.0 Å². The molecular formula is C33H42O15. The zero-order chi connectivity index (χ0) is 34.7. The molecule has 3 aliphatic heterocycles. The van der Waals surface area contributed by atoms with Gasteiger partial charge in [0.05, 0.1) is 43.2 Å². The fraction of sp³-hybridized carbons (Fsp3) is 0.545. The number of aliphatic hydroxyl groups excluding tert-OH is 6. The Morgan fingerprint density at radius 1 is 0.771 bits per heavy atom. The van der Waals surface area contributed by atoms with Crippen LogP contribution in [-0.2, 0) is 18.9 Å². The van der Waals surface area contributed by atoms with E-state index in [9.17, 15) is 30.3 Å². The summed E-state index contributed by atoms with van der Waals surface area (Å²) in [5, 5.41) is 77.2. The Morgan fingerprint density at radius 3 is 2.12 bits per heavy atom. The van der Waals surface area contributed by atoms with Gasteiger partial charge in [0.15, 0.2) is 18.0 Å². The second kappa shape index (κ2) is 15.5. The molecule has 0 saturated carbocycles. The number of phenolic OH excluding ortho intramolecular Hbond substituents is 2. The molecule has 0 spiro atoms. The van der Waals surface area contributed by atoms with Crippen molar-refractivity contribution in [3.8, 4) is 28.6 Å². The molecule has 3 saturated heterocycles. The summed E-state index contributed by atoms with van der Waals surface area (Å²) in [6.45, 7) is 3.35. The SMILES string of the molecule is C[C@@H]1O[C@@H](O)[C@H](O)C[C@H]1O.C[C@@H]1O[C@@H](OC[C@@H]2C[C@H](O)C[C@H](Oc3cc(O)c4c(=O)cc(-c5ccc(O)cc5)oc4c3)O2)[C@H](O)C[C@H]1O. The van der Waals surface area contributed by atoms with E-state index in [-0.39, 0.29) is 66.3 Å². The molecule has 0 radical (unpaired) electrons. The van der Waals surface area contributed by atoms with Crippen LogP contribution in [0.15, 0.2) is 51.7 Å². The van der Waals surface area contributed by atoms with Gasteiger partial charge in [0.1, 0.15) is 46.2 Å². The van der Waals surface area contributed by atoms with Crippen molar-refractivity contribution in [3.05, 3.63) is 52.7 Å². The molecule has 48 heavy (non-hydrogen) atoms. The number of ether oxygens (including phenoxy) is 5. The summed E-state index contributed by atoms with van der Waals surface area (Å²) in [6, 6.07) is 10.1. The van der Waals surface area contributed by atoms with Crippen molar-refractivity contribution in [2.75, 3.05) is 6.61 Å². The minimum atomic E-state index is -1.14. The highest BCUT2D eigenvalue weighted by molar-refractivity contribution is 5.86. The Kier molecular flexibility index (Phi) is 11.6. The van der Waals surface area contributed by atoms with Gasteiger partial charge in [-0.15, -0.1) is 0 Å². The van der Waals surface area contributed by atoms with Gasteiger partial charge in [-0.3, -0.25) is 4.79 Å². The zero-order valence-corrected chi connectivity index (χ0v) is 26.4. The maximum Gasteiger partial charge on any atom is 0.202 e. The lowest BCUT2D eigenvalue weighted by atomic mass is 10.0. The number of hydrogen-bond donors (Lipinski definition) is 8. The standard InChI is InChI=1S/C27H30O11.C6H12O4/c1-13-19(30)10-22(33)27(35-13)34-12-18-6-16(29)7-25(37-18)36-17-8-20(31)26-21(32)11-23(38-24(26)9-17)14-2-4-15(28)5-3-14;1-3-4(7)2-5(8)6(9)10-3/h2-5,8-9,11,13,16,18-19,22,25,27-31,33H,6-7,10,12H2,1H3;3-9H,2H2,1H3/t13-,16-,18-,19+,22+,25+,27+;3-,4+,5+,6+/m00/s1. The van der Waals surface area contributed by atoms with Crippen LogP contribution in [0.2, 0.25) is 0 Å². The molecule has 4 heterocycles. The zero-order valence-electron chi connectivity index (χ0n) is 26.4. The second-order valence-electron chi connectivity index (χ2n) is 12.3. The number of aliphatic hydroxyl groups is 6. The summed E-state index contributed by atoms with van der Waals surface area (Å²) in [5.74, 6) is 0.141. The molecule has 0 aliphatic carbocycles. The summed E-state index contributed by atoms with van der Waals surface area (Å²) < 4.78 is 33.6. The van der Waals surface area contributed by atoms with Crippen LogP contribution in [0, 0.1) is 0 Å². The highest BCUT2D eigenvalue weighted by Gasteiger charge is 2.37. The average molecular weight is 679 g/mol. The van der Waals surface area contributed by atoms with E-state index in [1.165, 1.54) is 30.3 Å². The molecule has 11 atom stereocenters. The number of fused-ring (bicyclic) bond motifs is 1. The molecule has 15 heteroatoms. The van der Waals surface area contributed by atoms with Crippen molar-refractivity contribution in [1.82, 2.24) is 0 Å². The van der Waals surface area contributed by atoms with Crippen molar-refractivity contribution in [2.45, 2.75) is 107 Å². The molecule has 0 bridgehead atoms. The van der Waals surface area contributed by atoms with Crippen molar-refractivity contribution < 1.29 is 69.0 Å². The van der Waals surface area contributed by atoms with E-state index in [0.717, 1.165) is 0 Å². The molecule has 1 aromatic heterocycles. The molecule has 264 valence electrons. The minimum Gasteiger partial charge on any atom is -0.508 e. The van der Waals surface area contributed by atoms with Crippen LogP contribution in [0.5, 0.6) is 17.2 Å². The molecule has 8 N–H and O–H groups in total. The molecule has 0 unspecified atom stereocenters. The van der Waals surface area contributed by atoms with E-state index in [0.29, 0.717) is 5.56 Å². The Hall–Kier alpha value is -3.35. The van der Waals surface area contributed by atoms with Crippen molar-refractivity contribution >= 4 is 11.0 Å².